The van der Waals surface area contributed by atoms with E-state index in [4.69, 9.17) is 0 Å². The van der Waals surface area contributed by atoms with Crippen LogP contribution in [0.4, 0.5) is 0 Å². The van der Waals surface area contributed by atoms with E-state index in [-0.39, 0.29) is 0 Å². The van der Waals surface area contributed by atoms with Crippen molar-refractivity contribution in [2.75, 3.05) is 6.54 Å². The van der Waals surface area contributed by atoms with E-state index in [1.165, 1.54) is 43.5 Å². The van der Waals surface area contributed by atoms with Gasteiger partial charge >= 0.3 is 0 Å². The molecule has 1 aliphatic rings. The van der Waals surface area contributed by atoms with E-state index in [0.717, 1.165) is 24.9 Å². The highest BCUT2D eigenvalue weighted by Crippen LogP contribution is 2.29. The summed E-state index contributed by atoms with van der Waals surface area (Å²) in [7, 11) is 2.08. The van der Waals surface area contributed by atoms with Gasteiger partial charge in [-0.3, -0.25) is 4.68 Å². The molecular formula is C15H27N3. The third kappa shape index (κ3) is 3.14. The van der Waals surface area contributed by atoms with Gasteiger partial charge in [0.15, 0.2) is 0 Å². The molecule has 0 spiro atoms. The Morgan fingerprint density at radius 1 is 1.39 bits per heavy atom. The van der Waals surface area contributed by atoms with Gasteiger partial charge in [-0.25, -0.2) is 0 Å². The zero-order valence-corrected chi connectivity index (χ0v) is 12.1. The van der Waals surface area contributed by atoms with Gasteiger partial charge in [0.25, 0.3) is 0 Å². The second-order valence-corrected chi connectivity index (χ2v) is 5.56. The lowest BCUT2D eigenvalue weighted by Crippen LogP contribution is -2.34. The number of aryl methyl sites for hydroxylation is 2. The smallest absolute Gasteiger partial charge is 0.0624 e. The largest absolute Gasteiger partial charge is 0.314 e. The zero-order valence-electron chi connectivity index (χ0n) is 12.1. The average molecular weight is 249 g/mol. The lowest BCUT2D eigenvalue weighted by molar-refractivity contribution is 0.391. The average Bonchev–Trinajstić information content (AvgIpc) is 2.95. The first-order chi connectivity index (χ1) is 8.74. The van der Waals surface area contributed by atoms with Gasteiger partial charge in [0.1, 0.15) is 0 Å². The van der Waals surface area contributed by atoms with Crippen LogP contribution in [0.25, 0.3) is 0 Å². The number of hydrogen-bond donors (Lipinski definition) is 1. The van der Waals surface area contributed by atoms with Gasteiger partial charge in [0.2, 0.25) is 0 Å². The zero-order chi connectivity index (χ0) is 13.0. The number of nitrogens with one attached hydrogen (secondary N) is 1. The van der Waals surface area contributed by atoms with Crippen molar-refractivity contribution in [2.45, 2.75) is 58.4 Å². The predicted molar refractivity (Wildman–Crippen MR) is 75.7 cm³/mol. The Labute approximate surface area is 111 Å². The highest BCUT2D eigenvalue weighted by Gasteiger charge is 2.27. The molecule has 2 unspecified atom stereocenters. The van der Waals surface area contributed by atoms with Crippen LogP contribution in [0.2, 0.25) is 0 Å². The molecule has 1 fully saturated rings. The van der Waals surface area contributed by atoms with Crippen LogP contribution in [-0.4, -0.2) is 22.4 Å². The van der Waals surface area contributed by atoms with E-state index in [1.54, 1.807) is 0 Å². The normalized spacial score (nSPS) is 23.7. The Morgan fingerprint density at radius 3 is 2.89 bits per heavy atom. The molecule has 1 heterocycles. The molecule has 2 atom stereocenters. The van der Waals surface area contributed by atoms with E-state index in [9.17, 15) is 0 Å². The van der Waals surface area contributed by atoms with Gasteiger partial charge in [0.05, 0.1) is 5.69 Å². The van der Waals surface area contributed by atoms with Crippen LogP contribution < -0.4 is 5.32 Å². The molecule has 102 valence electrons. The van der Waals surface area contributed by atoms with Crippen LogP contribution in [0.3, 0.4) is 0 Å². The standard InChI is InChI=1S/C15H27N3/c1-4-9-16-15-8-6-7-12(15)10-14-11-13(5-2)17-18(14)3/h11-12,15-16H,4-10H2,1-3H3. The monoisotopic (exact) mass is 249 g/mol. The highest BCUT2D eigenvalue weighted by molar-refractivity contribution is 5.11. The second kappa shape index (κ2) is 6.37. The van der Waals surface area contributed by atoms with Gasteiger partial charge < -0.3 is 5.32 Å². The third-order valence-corrected chi connectivity index (χ3v) is 4.18. The molecule has 18 heavy (non-hydrogen) atoms. The van der Waals surface area contributed by atoms with Crippen molar-refractivity contribution in [3.8, 4) is 0 Å². The second-order valence-electron chi connectivity index (χ2n) is 5.56. The number of aromatic nitrogens is 2. The summed E-state index contributed by atoms with van der Waals surface area (Å²) >= 11 is 0. The highest BCUT2D eigenvalue weighted by atomic mass is 15.3. The Morgan fingerprint density at radius 2 is 2.22 bits per heavy atom. The molecule has 1 saturated carbocycles. The van der Waals surface area contributed by atoms with Crippen LogP contribution in [0.15, 0.2) is 6.07 Å². The Hall–Kier alpha value is -0.830. The van der Waals surface area contributed by atoms with Gasteiger partial charge in [-0.1, -0.05) is 20.3 Å². The first-order valence-electron chi connectivity index (χ1n) is 7.49. The van der Waals surface area contributed by atoms with E-state index in [0.29, 0.717) is 0 Å². The molecule has 1 aromatic heterocycles. The molecule has 0 aliphatic heterocycles. The van der Waals surface area contributed by atoms with Crippen LogP contribution in [0.1, 0.15) is 50.9 Å². The van der Waals surface area contributed by atoms with Crippen LogP contribution in [-0.2, 0) is 19.9 Å². The third-order valence-electron chi connectivity index (χ3n) is 4.18. The molecule has 3 nitrogen and oxygen atoms in total. The summed E-state index contributed by atoms with van der Waals surface area (Å²) in [6.45, 7) is 5.58. The van der Waals surface area contributed by atoms with E-state index in [1.807, 2.05) is 0 Å². The maximum atomic E-state index is 4.55. The summed E-state index contributed by atoms with van der Waals surface area (Å²) < 4.78 is 2.08. The molecule has 0 saturated heterocycles. The maximum Gasteiger partial charge on any atom is 0.0624 e. The predicted octanol–water partition coefficient (Wildman–Crippen LogP) is 2.69. The van der Waals surface area contributed by atoms with Gasteiger partial charge in [-0.2, -0.15) is 5.10 Å². The Kier molecular flexibility index (Phi) is 4.81. The lowest BCUT2D eigenvalue weighted by atomic mass is 9.97. The van der Waals surface area contributed by atoms with Gasteiger partial charge in [-0.05, 0) is 50.6 Å². The van der Waals surface area contributed by atoms with Crippen molar-refractivity contribution in [1.82, 2.24) is 15.1 Å². The minimum Gasteiger partial charge on any atom is -0.314 e. The molecular weight excluding hydrogens is 222 g/mol. The lowest BCUT2D eigenvalue weighted by Gasteiger charge is -2.20. The van der Waals surface area contributed by atoms with Crippen LogP contribution in [0.5, 0.6) is 0 Å². The Bertz CT molecular complexity index is 370. The van der Waals surface area contributed by atoms with E-state index < -0.39 is 0 Å². The number of rotatable bonds is 6. The van der Waals surface area contributed by atoms with Crippen molar-refractivity contribution < 1.29 is 0 Å². The van der Waals surface area contributed by atoms with Crippen molar-refractivity contribution in [1.29, 1.82) is 0 Å². The molecule has 0 radical (unpaired) electrons. The van der Waals surface area contributed by atoms with Gasteiger partial charge in [0, 0.05) is 18.8 Å². The van der Waals surface area contributed by atoms with E-state index in [2.05, 4.69) is 42.1 Å². The summed E-state index contributed by atoms with van der Waals surface area (Å²) in [6.07, 6.45) is 7.55. The fourth-order valence-electron chi connectivity index (χ4n) is 3.08. The maximum absolute atomic E-state index is 4.55. The quantitative estimate of drug-likeness (QED) is 0.840. The van der Waals surface area contributed by atoms with Crippen molar-refractivity contribution in [3.05, 3.63) is 17.5 Å². The van der Waals surface area contributed by atoms with Crippen LogP contribution >= 0.6 is 0 Å². The molecule has 0 amide bonds. The van der Waals surface area contributed by atoms with Crippen molar-refractivity contribution in [3.63, 3.8) is 0 Å². The summed E-state index contributed by atoms with van der Waals surface area (Å²) in [5, 5.41) is 8.27. The van der Waals surface area contributed by atoms with Crippen molar-refractivity contribution in [2.24, 2.45) is 13.0 Å². The summed E-state index contributed by atoms with van der Waals surface area (Å²) in [4.78, 5) is 0. The minimum absolute atomic E-state index is 0.727. The fourth-order valence-corrected chi connectivity index (χ4v) is 3.08. The summed E-state index contributed by atoms with van der Waals surface area (Å²) in [5.74, 6) is 0.802. The minimum atomic E-state index is 0.727. The first kappa shape index (κ1) is 13.6. The fraction of sp³-hybridized carbons (Fsp3) is 0.800. The molecule has 2 rings (SSSR count). The molecule has 1 aliphatic carbocycles. The summed E-state index contributed by atoms with van der Waals surface area (Å²) in [6, 6.07) is 3.01. The molecule has 3 heteroatoms. The molecule has 1 aromatic rings. The molecule has 1 N–H and O–H groups in total. The molecule has 0 bridgehead atoms. The first-order valence-corrected chi connectivity index (χ1v) is 7.49. The van der Waals surface area contributed by atoms with E-state index >= 15 is 0 Å². The number of nitrogens with zero attached hydrogens (tertiary/aromatic N) is 2. The Balaban J connectivity index is 1.96. The van der Waals surface area contributed by atoms with Gasteiger partial charge in [-0.15, -0.1) is 0 Å². The SMILES string of the molecule is CCCNC1CCCC1Cc1cc(CC)nn1C. The number of hydrogen-bond acceptors (Lipinski definition) is 2. The van der Waals surface area contributed by atoms with Crippen LogP contribution in [0, 0.1) is 5.92 Å². The summed E-state index contributed by atoms with van der Waals surface area (Å²) in [5.41, 5.74) is 2.63. The molecule has 0 aromatic carbocycles. The van der Waals surface area contributed by atoms with Crippen molar-refractivity contribution >= 4 is 0 Å². The topological polar surface area (TPSA) is 29.9 Å².